The zero-order valence-corrected chi connectivity index (χ0v) is 18.1. The van der Waals surface area contributed by atoms with Crippen LogP contribution in [-0.4, -0.2) is 48.3 Å². The first kappa shape index (κ1) is 21.8. The normalized spacial score (nSPS) is 15.3. The van der Waals surface area contributed by atoms with Crippen molar-refractivity contribution < 1.29 is 19.1 Å². The number of rotatable bonds is 6. The van der Waals surface area contributed by atoms with Gasteiger partial charge < -0.3 is 19.7 Å². The summed E-state index contributed by atoms with van der Waals surface area (Å²) in [5.41, 5.74) is 2.37. The Bertz CT molecular complexity index is 866. The molecule has 3 rings (SSSR count). The second-order valence-electron chi connectivity index (χ2n) is 8.79. The molecule has 1 fully saturated rings. The molecule has 0 aliphatic carbocycles. The summed E-state index contributed by atoms with van der Waals surface area (Å²) < 4.78 is 10.3. The molecule has 1 aliphatic rings. The first-order valence-corrected chi connectivity index (χ1v) is 10.1. The van der Waals surface area contributed by atoms with Crippen molar-refractivity contribution in [3.63, 3.8) is 0 Å². The van der Waals surface area contributed by atoms with Crippen LogP contribution in [0.25, 0.3) is 11.1 Å². The minimum absolute atomic E-state index is 0.199. The third kappa shape index (κ3) is 5.60. The Balaban J connectivity index is 1.62. The lowest BCUT2D eigenvalue weighted by Gasteiger charge is -2.50. The molecule has 2 aromatic carbocycles. The molecule has 0 bridgehead atoms. The van der Waals surface area contributed by atoms with Gasteiger partial charge >= 0.3 is 12.1 Å². The molecule has 0 atom stereocenters. The van der Waals surface area contributed by atoms with E-state index in [1.165, 1.54) is 12.7 Å². The SMILES string of the molecule is COC(=O)CC1(NCc2ccc(-c3ccccc3)cc2)CN(C(=O)OC(C)(C)C)C1. The molecule has 0 unspecified atom stereocenters. The van der Waals surface area contributed by atoms with Crippen molar-refractivity contribution in [1.82, 2.24) is 10.2 Å². The Labute approximate surface area is 178 Å². The maximum atomic E-state index is 12.3. The Kier molecular flexibility index (Phi) is 6.46. The predicted octanol–water partition coefficient (Wildman–Crippen LogP) is 4.00. The van der Waals surface area contributed by atoms with Gasteiger partial charge in [-0.3, -0.25) is 4.79 Å². The summed E-state index contributed by atoms with van der Waals surface area (Å²) >= 11 is 0. The Hall–Kier alpha value is -2.86. The van der Waals surface area contributed by atoms with Crippen molar-refractivity contribution in [3.8, 4) is 11.1 Å². The number of carbonyl (C=O) groups is 2. The van der Waals surface area contributed by atoms with Crippen LogP contribution in [-0.2, 0) is 20.8 Å². The minimum atomic E-state index is -0.550. The molecule has 160 valence electrons. The number of hydrogen-bond donors (Lipinski definition) is 1. The molecule has 0 saturated carbocycles. The molecule has 6 nitrogen and oxygen atoms in total. The molecule has 0 aromatic heterocycles. The molecule has 6 heteroatoms. The van der Waals surface area contributed by atoms with Crippen LogP contribution in [0.5, 0.6) is 0 Å². The van der Waals surface area contributed by atoms with E-state index in [-0.39, 0.29) is 18.5 Å². The van der Waals surface area contributed by atoms with Crippen LogP contribution in [0.4, 0.5) is 4.79 Å². The molecule has 0 spiro atoms. The van der Waals surface area contributed by atoms with Crippen LogP contribution in [0.1, 0.15) is 32.8 Å². The molecule has 1 heterocycles. The van der Waals surface area contributed by atoms with Crippen LogP contribution in [0.2, 0.25) is 0 Å². The molecular formula is C24H30N2O4. The lowest BCUT2D eigenvalue weighted by Crippen LogP contribution is -2.71. The lowest BCUT2D eigenvalue weighted by molar-refractivity contribution is -0.144. The quantitative estimate of drug-likeness (QED) is 0.729. The van der Waals surface area contributed by atoms with Gasteiger partial charge in [-0.25, -0.2) is 4.79 Å². The van der Waals surface area contributed by atoms with Gasteiger partial charge in [0.2, 0.25) is 0 Å². The summed E-state index contributed by atoms with van der Waals surface area (Å²) in [4.78, 5) is 25.8. The van der Waals surface area contributed by atoms with Crippen molar-refractivity contribution in [2.45, 2.75) is 44.9 Å². The van der Waals surface area contributed by atoms with E-state index < -0.39 is 11.1 Å². The van der Waals surface area contributed by atoms with Gasteiger partial charge in [0, 0.05) is 19.6 Å². The lowest BCUT2D eigenvalue weighted by atomic mass is 9.86. The Morgan fingerprint density at radius 1 is 1.00 bits per heavy atom. The molecule has 2 aromatic rings. The number of esters is 1. The fourth-order valence-corrected chi connectivity index (χ4v) is 3.51. The largest absolute Gasteiger partial charge is 0.469 e. The van der Waals surface area contributed by atoms with E-state index in [2.05, 4.69) is 41.7 Å². The zero-order chi connectivity index (χ0) is 21.8. The van der Waals surface area contributed by atoms with Crippen molar-refractivity contribution in [2.24, 2.45) is 0 Å². The van der Waals surface area contributed by atoms with Crippen LogP contribution < -0.4 is 5.32 Å². The Morgan fingerprint density at radius 3 is 2.17 bits per heavy atom. The standard InChI is InChI=1S/C24H30N2O4/c1-23(2,3)30-22(28)26-16-24(17-26,14-21(27)29-4)25-15-18-10-12-20(13-11-18)19-8-6-5-7-9-19/h5-13,25H,14-17H2,1-4H3. The first-order chi connectivity index (χ1) is 14.2. The van der Waals surface area contributed by atoms with E-state index in [9.17, 15) is 9.59 Å². The number of nitrogens with one attached hydrogen (secondary N) is 1. The summed E-state index contributed by atoms with van der Waals surface area (Å²) in [5.74, 6) is -0.300. The third-order valence-electron chi connectivity index (χ3n) is 5.08. The second kappa shape index (κ2) is 8.88. The van der Waals surface area contributed by atoms with Crippen LogP contribution in [0.3, 0.4) is 0 Å². The highest BCUT2D eigenvalue weighted by Crippen LogP contribution is 2.28. The van der Waals surface area contributed by atoms with Crippen LogP contribution >= 0.6 is 0 Å². The number of methoxy groups -OCH3 is 1. The van der Waals surface area contributed by atoms with E-state index in [0.29, 0.717) is 19.6 Å². The van der Waals surface area contributed by atoms with Gasteiger partial charge in [0.05, 0.1) is 19.1 Å². The van der Waals surface area contributed by atoms with Gasteiger partial charge in [-0.1, -0.05) is 54.6 Å². The summed E-state index contributed by atoms with van der Waals surface area (Å²) in [7, 11) is 1.38. The van der Waals surface area contributed by atoms with E-state index in [4.69, 9.17) is 9.47 Å². The van der Waals surface area contributed by atoms with Crippen molar-refractivity contribution in [3.05, 3.63) is 60.2 Å². The Morgan fingerprint density at radius 2 is 1.60 bits per heavy atom. The highest BCUT2D eigenvalue weighted by atomic mass is 16.6. The van der Waals surface area contributed by atoms with Crippen molar-refractivity contribution >= 4 is 12.1 Å². The average molecular weight is 411 g/mol. The number of amides is 1. The fraction of sp³-hybridized carbons (Fsp3) is 0.417. The zero-order valence-electron chi connectivity index (χ0n) is 18.1. The maximum absolute atomic E-state index is 12.3. The van der Waals surface area contributed by atoms with Crippen LogP contribution in [0.15, 0.2) is 54.6 Å². The molecule has 1 saturated heterocycles. The molecular weight excluding hydrogens is 380 g/mol. The molecule has 1 aliphatic heterocycles. The average Bonchev–Trinajstić information content (AvgIpc) is 2.69. The topological polar surface area (TPSA) is 67.9 Å². The highest BCUT2D eigenvalue weighted by Gasteiger charge is 2.47. The third-order valence-corrected chi connectivity index (χ3v) is 5.08. The first-order valence-electron chi connectivity index (χ1n) is 10.1. The summed E-state index contributed by atoms with van der Waals surface area (Å²) in [6.45, 7) is 6.91. The fourth-order valence-electron chi connectivity index (χ4n) is 3.51. The summed E-state index contributed by atoms with van der Waals surface area (Å²) in [6.07, 6.45) is -0.165. The summed E-state index contributed by atoms with van der Waals surface area (Å²) in [5, 5.41) is 3.47. The molecule has 1 amide bonds. The number of hydrogen-bond acceptors (Lipinski definition) is 5. The van der Waals surface area contributed by atoms with E-state index in [0.717, 1.165) is 11.1 Å². The van der Waals surface area contributed by atoms with Gasteiger partial charge in [0.15, 0.2) is 0 Å². The number of ether oxygens (including phenoxy) is 2. The number of benzene rings is 2. The monoisotopic (exact) mass is 410 g/mol. The van der Waals surface area contributed by atoms with Gasteiger partial charge in [-0.05, 0) is 37.5 Å². The number of carbonyl (C=O) groups excluding carboxylic acids is 2. The number of likely N-dealkylation sites (tertiary alicyclic amines) is 1. The summed E-state index contributed by atoms with van der Waals surface area (Å²) in [6, 6.07) is 18.5. The van der Waals surface area contributed by atoms with Crippen LogP contribution in [0, 0.1) is 0 Å². The highest BCUT2D eigenvalue weighted by molar-refractivity contribution is 5.74. The van der Waals surface area contributed by atoms with Crippen molar-refractivity contribution in [2.75, 3.05) is 20.2 Å². The predicted molar refractivity (Wildman–Crippen MR) is 116 cm³/mol. The van der Waals surface area contributed by atoms with Gasteiger partial charge in [0.25, 0.3) is 0 Å². The van der Waals surface area contributed by atoms with Crippen molar-refractivity contribution in [1.29, 1.82) is 0 Å². The second-order valence-corrected chi connectivity index (χ2v) is 8.79. The van der Waals surface area contributed by atoms with Gasteiger partial charge in [-0.2, -0.15) is 0 Å². The number of nitrogens with zero attached hydrogens (tertiary/aromatic N) is 1. The smallest absolute Gasteiger partial charge is 0.410 e. The molecule has 0 radical (unpaired) electrons. The van der Waals surface area contributed by atoms with E-state index in [1.807, 2.05) is 39.0 Å². The van der Waals surface area contributed by atoms with E-state index in [1.54, 1.807) is 4.90 Å². The molecule has 30 heavy (non-hydrogen) atoms. The van der Waals surface area contributed by atoms with Gasteiger partial charge in [0.1, 0.15) is 5.60 Å². The van der Waals surface area contributed by atoms with Gasteiger partial charge in [-0.15, -0.1) is 0 Å². The molecule has 1 N–H and O–H groups in total. The van der Waals surface area contributed by atoms with E-state index >= 15 is 0 Å². The minimum Gasteiger partial charge on any atom is -0.469 e. The maximum Gasteiger partial charge on any atom is 0.410 e.